The Morgan fingerprint density at radius 1 is 0.760 bits per heavy atom. The number of fused-ring (bicyclic) bond motifs is 3. The minimum Gasteiger partial charge on any atom is -0.496 e. The Hall–Kier alpha value is -2.95. The third-order valence-corrected chi connectivity index (χ3v) is 4.90. The van der Waals surface area contributed by atoms with Crippen molar-refractivity contribution in [3.8, 4) is 11.5 Å². The average Bonchev–Trinajstić information content (AvgIpc) is 2.64. The summed E-state index contributed by atoms with van der Waals surface area (Å²) in [7, 11) is 2.88. The van der Waals surface area contributed by atoms with E-state index in [1.54, 1.807) is 24.3 Å². The smallest absolute Gasteiger partial charge is 0.198 e. The summed E-state index contributed by atoms with van der Waals surface area (Å²) in [5, 5.41) is 0. The molecule has 5 nitrogen and oxygen atoms in total. The second-order valence-electron chi connectivity index (χ2n) is 6.15. The zero-order chi connectivity index (χ0) is 17.7. The lowest BCUT2D eigenvalue weighted by atomic mass is 9.77. The molecule has 0 saturated heterocycles. The number of Topliss-reactive ketones (excluding diaryl/α,β-unsaturated/α-hetero) is 1. The van der Waals surface area contributed by atoms with Crippen molar-refractivity contribution in [2.75, 3.05) is 14.2 Å². The zero-order valence-electron chi connectivity index (χ0n) is 14.0. The van der Waals surface area contributed by atoms with Gasteiger partial charge in [0.05, 0.1) is 30.9 Å². The predicted octanol–water partition coefficient (Wildman–Crippen LogP) is 3.00. The van der Waals surface area contributed by atoms with Gasteiger partial charge in [-0.2, -0.15) is 0 Å². The number of carbonyl (C=O) groups is 3. The van der Waals surface area contributed by atoms with Gasteiger partial charge in [-0.25, -0.2) is 0 Å². The van der Waals surface area contributed by atoms with Crippen LogP contribution in [0.1, 0.15) is 60.6 Å². The maximum Gasteiger partial charge on any atom is 0.198 e. The first-order chi connectivity index (χ1) is 12.1. The van der Waals surface area contributed by atoms with Crippen LogP contribution in [0.25, 0.3) is 0 Å². The maximum absolute atomic E-state index is 13.1. The van der Waals surface area contributed by atoms with Gasteiger partial charge in [0.25, 0.3) is 0 Å². The van der Waals surface area contributed by atoms with E-state index in [0.29, 0.717) is 47.3 Å². The number of methoxy groups -OCH3 is 2. The molecule has 0 unspecified atom stereocenters. The van der Waals surface area contributed by atoms with Crippen LogP contribution in [0.15, 0.2) is 24.3 Å². The van der Waals surface area contributed by atoms with Crippen molar-refractivity contribution in [3.63, 3.8) is 0 Å². The van der Waals surface area contributed by atoms with Crippen LogP contribution in [0.2, 0.25) is 0 Å². The van der Waals surface area contributed by atoms with Crippen LogP contribution >= 0.6 is 0 Å². The number of hydrogen-bond acceptors (Lipinski definition) is 5. The van der Waals surface area contributed by atoms with E-state index >= 15 is 0 Å². The number of ether oxygens (including phenoxy) is 2. The van der Waals surface area contributed by atoms with Gasteiger partial charge in [0, 0.05) is 23.1 Å². The van der Waals surface area contributed by atoms with E-state index in [-0.39, 0.29) is 34.2 Å². The molecule has 2 aliphatic carbocycles. The van der Waals surface area contributed by atoms with Crippen LogP contribution in [0.3, 0.4) is 0 Å². The van der Waals surface area contributed by atoms with Crippen molar-refractivity contribution < 1.29 is 23.9 Å². The van der Waals surface area contributed by atoms with Gasteiger partial charge < -0.3 is 9.47 Å². The SMILES string of the molecule is COc1c2c(c(OC)c3c1C(=O)c1ccccc1C3=O)C(=O)CCC2. The molecule has 0 bridgehead atoms. The highest BCUT2D eigenvalue weighted by Crippen LogP contribution is 2.46. The van der Waals surface area contributed by atoms with E-state index in [2.05, 4.69) is 0 Å². The minimum absolute atomic E-state index is 0.0849. The number of rotatable bonds is 2. The van der Waals surface area contributed by atoms with Crippen molar-refractivity contribution in [2.45, 2.75) is 19.3 Å². The highest BCUT2D eigenvalue weighted by atomic mass is 16.5. The van der Waals surface area contributed by atoms with Crippen LogP contribution in [0, 0.1) is 0 Å². The first-order valence-electron chi connectivity index (χ1n) is 8.12. The fraction of sp³-hybridized carbons (Fsp3) is 0.250. The molecule has 0 fully saturated rings. The summed E-state index contributed by atoms with van der Waals surface area (Å²) < 4.78 is 11.0. The van der Waals surface area contributed by atoms with E-state index in [1.807, 2.05) is 0 Å². The molecule has 126 valence electrons. The second-order valence-corrected chi connectivity index (χ2v) is 6.15. The van der Waals surface area contributed by atoms with Crippen molar-refractivity contribution in [3.05, 3.63) is 57.6 Å². The average molecular weight is 336 g/mol. The molecular formula is C20H16O5. The molecule has 0 N–H and O–H groups in total. The Balaban J connectivity index is 2.15. The van der Waals surface area contributed by atoms with Gasteiger partial charge in [0.15, 0.2) is 17.3 Å². The lowest BCUT2D eigenvalue weighted by Crippen LogP contribution is -2.26. The maximum atomic E-state index is 13.1. The summed E-state index contributed by atoms with van der Waals surface area (Å²) in [6, 6.07) is 6.68. The summed E-state index contributed by atoms with van der Waals surface area (Å²) in [6.07, 6.45) is 1.68. The number of hydrogen-bond donors (Lipinski definition) is 0. The molecule has 0 radical (unpaired) electrons. The van der Waals surface area contributed by atoms with Gasteiger partial charge >= 0.3 is 0 Å². The molecule has 2 aromatic rings. The first-order valence-corrected chi connectivity index (χ1v) is 8.12. The Labute approximate surface area is 144 Å². The molecule has 0 amide bonds. The normalized spacial score (nSPS) is 15.4. The molecule has 0 heterocycles. The fourth-order valence-electron chi connectivity index (χ4n) is 3.85. The quantitative estimate of drug-likeness (QED) is 0.719. The second kappa shape index (κ2) is 5.55. The van der Waals surface area contributed by atoms with Gasteiger partial charge in [0.1, 0.15) is 11.5 Å². The van der Waals surface area contributed by atoms with Gasteiger partial charge in [-0.3, -0.25) is 14.4 Å². The topological polar surface area (TPSA) is 69.7 Å². The van der Waals surface area contributed by atoms with Gasteiger partial charge in [-0.1, -0.05) is 24.3 Å². The summed E-state index contributed by atoms with van der Waals surface area (Å²) in [4.78, 5) is 38.7. The van der Waals surface area contributed by atoms with E-state index in [1.165, 1.54) is 14.2 Å². The van der Waals surface area contributed by atoms with Crippen LogP contribution < -0.4 is 9.47 Å². The van der Waals surface area contributed by atoms with Crippen molar-refractivity contribution in [2.24, 2.45) is 0 Å². The Morgan fingerprint density at radius 2 is 1.32 bits per heavy atom. The fourth-order valence-corrected chi connectivity index (χ4v) is 3.85. The third-order valence-electron chi connectivity index (χ3n) is 4.90. The molecule has 0 aromatic heterocycles. The van der Waals surface area contributed by atoms with Gasteiger partial charge in [-0.05, 0) is 12.8 Å². The summed E-state index contributed by atoms with van der Waals surface area (Å²) in [5.74, 6) is -0.156. The monoisotopic (exact) mass is 336 g/mol. The summed E-state index contributed by atoms with van der Waals surface area (Å²) >= 11 is 0. The van der Waals surface area contributed by atoms with Crippen LogP contribution in [-0.4, -0.2) is 31.6 Å². The molecule has 25 heavy (non-hydrogen) atoms. The predicted molar refractivity (Wildman–Crippen MR) is 90.1 cm³/mol. The van der Waals surface area contributed by atoms with Crippen molar-refractivity contribution >= 4 is 17.3 Å². The summed E-state index contributed by atoms with van der Waals surface area (Å²) in [6.45, 7) is 0. The molecule has 0 aliphatic heterocycles. The van der Waals surface area contributed by atoms with Crippen molar-refractivity contribution in [1.29, 1.82) is 0 Å². The van der Waals surface area contributed by atoms with Gasteiger partial charge in [0.2, 0.25) is 0 Å². The highest BCUT2D eigenvalue weighted by Gasteiger charge is 2.40. The zero-order valence-corrected chi connectivity index (χ0v) is 14.0. The third kappa shape index (κ3) is 1.98. The molecule has 2 aromatic carbocycles. The Morgan fingerprint density at radius 3 is 1.88 bits per heavy atom. The standard InChI is InChI=1S/C20H16O5/c1-24-19-12-8-5-9-13(21)14(12)20(25-2)16-15(19)17(22)10-6-3-4-7-11(10)18(16)23/h3-4,6-7H,5,8-9H2,1-2H3. The van der Waals surface area contributed by atoms with Gasteiger partial charge in [-0.15, -0.1) is 0 Å². The molecule has 4 rings (SSSR count). The Bertz CT molecular complexity index is 955. The minimum atomic E-state index is -0.318. The largest absolute Gasteiger partial charge is 0.496 e. The number of benzene rings is 2. The van der Waals surface area contributed by atoms with Crippen LogP contribution in [-0.2, 0) is 6.42 Å². The molecular weight excluding hydrogens is 320 g/mol. The van der Waals surface area contributed by atoms with E-state index < -0.39 is 0 Å². The molecule has 0 atom stereocenters. The number of carbonyl (C=O) groups excluding carboxylic acids is 3. The number of ketones is 3. The van der Waals surface area contributed by atoms with Crippen LogP contribution in [0.4, 0.5) is 0 Å². The molecule has 5 heteroatoms. The Kier molecular flexibility index (Phi) is 3.46. The first kappa shape index (κ1) is 15.6. The highest BCUT2D eigenvalue weighted by molar-refractivity contribution is 6.31. The summed E-state index contributed by atoms with van der Waals surface area (Å²) in [5.41, 5.74) is 2.05. The lowest BCUT2D eigenvalue weighted by molar-refractivity contribution is 0.0957. The molecule has 0 saturated carbocycles. The molecule has 0 spiro atoms. The van der Waals surface area contributed by atoms with E-state index in [4.69, 9.17) is 9.47 Å². The van der Waals surface area contributed by atoms with Crippen molar-refractivity contribution in [1.82, 2.24) is 0 Å². The van der Waals surface area contributed by atoms with E-state index in [0.717, 1.165) is 0 Å². The van der Waals surface area contributed by atoms with Crippen LogP contribution in [0.5, 0.6) is 11.5 Å². The lowest BCUT2D eigenvalue weighted by Gasteiger charge is -2.28. The van der Waals surface area contributed by atoms with E-state index in [9.17, 15) is 14.4 Å². The molecule has 2 aliphatic rings.